The summed E-state index contributed by atoms with van der Waals surface area (Å²) < 4.78 is 27.2. The predicted molar refractivity (Wildman–Crippen MR) is 66.5 cm³/mol. The van der Waals surface area contributed by atoms with Gasteiger partial charge in [0.25, 0.3) is 5.91 Å². The monoisotopic (exact) mass is 266 g/mol. The van der Waals surface area contributed by atoms with E-state index in [2.05, 4.69) is 0 Å². The van der Waals surface area contributed by atoms with Crippen LogP contribution in [0.15, 0.2) is 18.2 Å². The number of hydrogen-bond acceptors (Lipinski definition) is 2. The first kappa shape index (κ1) is 12.5. The highest BCUT2D eigenvalue weighted by molar-refractivity contribution is 5.95. The minimum Gasteiger partial charge on any atom is -0.337 e. The van der Waals surface area contributed by atoms with E-state index < -0.39 is 23.1 Å². The summed E-state index contributed by atoms with van der Waals surface area (Å²) in [6, 6.07) is 3.38. The van der Waals surface area contributed by atoms with Crippen molar-refractivity contribution in [1.29, 1.82) is 0 Å². The lowest BCUT2D eigenvalue weighted by Gasteiger charge is -2.17. The summed E-state index contributed by atoms with van der Waals surface area (Å²) >= 11 is 0. The largest absolute Gasteiger partial charge is 0.337 e. The van der Waals surface area contributed by atoms with Gasteiger partial charge in [-0.15, -0.1) is 0 Å². The van der Waals surface area contributed by atoms with E-state index in [1.54, 1.807) is 0 Å². The van der Waals surface area contributed by atoms with Crippen molar-refractivity contribution in [2.75, 3.05) is 13.1 Å². The molecule has 0 aromatic heterocycles. The molecular weight excluding hydrogens is 250 g/mol. The zero-order valence-electron chi connectivity index (χ0n) is 10.5. The quantitative estimate of drug-likeness (QED) is 0.886. The molecule has 2 N–H and O–H groups in total. The zero-order chi connectivity index (χ0) is 13.6. The van der Waals surface area contributed by atoms with Gasteiger partial charge in [-0.3, -0.25) is 4.79 Å². The topological polar surface area (TPSA) is 46.3 Å². The summed E-state index contributed by atoms with van der Waals surface area (Å²) in [5.74, 6) is -1.35. The number of benzene rings is 1. The van der Waals surface area contributed by atoms with Crippen LogP contribution in [0.2, 0.25) is 0 Å². The van der Waals surface area contributed by atoms with Gasteiger partial charge in [-0.1, -0.05) is 6.07 Å². The molecule has 102 valence electrons. The van der Waals surface area contributed by atoms with Crippen molar-refractivity contribution in [3.8, 4) is 0 Å². The minimum absolute atomic E-state index is 0.0775. The molecule has 19 heavy (non-hydrogen) atoms. The molecule has 1 saturated heterocycles. The molecule has 1 aliphatic carbocycles. The molecule has 0 bridgehead atoms. The van der Waals surface area contributed by atoms with Crippen LogP contribution in [0.4, 0.5) is 8.78 Å². The third kappa shape index (κ3) is 2.23. The van der Waals surface area contributed by atoms with Crippen molar-refractivity contribution >= 4 is 5.91 Å². The average Bonchev–Trinajstić information content (AvgIpc) is 3.12. The Morgan fingerprint density at radius 1 is 1.21 bits per heavy atom. The number of rotatable bonds is 2. The summed E-state index contributed by atoms with van der Waals surface area (Å²) in [7, 11) is 0. The van der Waals surface area contributed by atoms with Crippen LogP contribution >= 0.6 is 0 Å². The normalized spacial score (nSPS) is 26.8. The molecule has 1 heterocycles. The predicted octanol–water partition coefficient (Wildman–Crippen LogP) is 1.77. The number of amides is 1. The van der Waals surface area contributed by atoms with Gasteiger partial charge in [0.05, 0.1) is 0 Å². The van der Waals surface area contributed by atoms with Gasteiger partial charge in [0.2, 0.25) is 0 Å². The van der Waals surface area contributed by atoms with Crippen LogP contribution < -0.4 is 5.73 Å². The van der Waals surface area contributed by atoms with Gasteiger partial charge in [-0.25, -0.2) is 8.78 Å². The van der Waals surface area contributed by atoms with Gasteiger partial charge in [-0.2, -0.15) is 0 Å². The number of nitrogens with two attached hydrogens (primary N) is 1. The van der Waals surface area contributed by atoms with Gasteiger partial charge < -0.3 is 10.6 Å². The molecule has 2 aliphatic rings. The van der Waals surface area contributed by atoms with Crippen LogP contribution in [0.5, 0.6) is 0 Å². The third-order valence-electron chi connectivity index (χ3n) is 4.10. The van der Waals surface area contributed by atoms with E-state index in [4.69, 9.17) is 5.73 Å². The van der Waals surface area contributed by atoms with Crippen LogP contribution in [-0.2, 0) is 0 Å². The number of carbonyl (C=O) groups is 1. The van der Waals surface area contributed by atoms with Crippen LogP contribution in [0.3, 0.4) is 0 Å². The molecule has 2 fully saturated rings. The van der Waals surface area contributed by atoms with Crippen molar-refractivity contribution in [3.63, 3.8) is 0 Å². The standard InChI is InChI=1S/C14H16F2N2O/c15-10-2-1-3-11(16)13(10)14(19)18-6-9(8-4-5-8)12(17)7-18/h1-3,8-9,12H,4-7,17H2/t9-,12+/m0/s1. The number of likely N-dealkylation sites (tertiary alicyclic amines) is 1. The van der Waals surface area contributed by atoms with E-state index in [9.17, 15) is 13.6 Å². The maximum atomic E-state index is 13.6. The Morgan fingerprint density at radius 3 is 2.42 bits per heavy atom. The number of halogens is 2. The number of hydrogen-bond donors (Lipinski definition) is 1. The van der Waals surface area contributed by atoms with Crippen LogP contribution in [0.25, 0.3) is 0 Å². The summed E-state index contributed by atoms with van der Waals surface area (Å²) in [5.41, 5.74) is 5.55. The van der Waals surface area contributed by atoms with E-state index >= 15 is 0 Å². The summed E-state index contributed by atoms with van der Waals surface area (Å²) in [6.07, 6.45) is 2.29. The van der Waals surface area contributed by atoms with Crippen LogP contribution in [0, 0.1) is 23.5 Å². The summed E-state index contributed by atoms with van der Waals surface area (Å²) in [5, 5.41) is 0. The van der Waals surface area contributed by atoms with E-state index in [1.807, 2.05) is 0 Å². The van der Waals surface area contributed by atoms with Crippen molar-refractivity contribution in [1.82, 2.24) is 4.90 Å². The Labute approximate surface area is 110 Å². The molecular formula is C14H16F2N2O. The van der Waals surface area contributed by atoms with Crippen molar-refractivity contribution in [2.45, 2.75) is 18.9 Å². The molecule has 3 rings (SSSR count). The summed E-state index contributed by atoms with van der Waals surface area (Å²) in [6.45, 7) is 0.895. The highest BCUT2D eigenvalue weighted by Crippen LogP contribution is 2.41. The molecule has 5 heteroatoms. The molecule has 0 spiro atoms. The van der Waals surface area contributed by atoms with Gasteiger partial charge in [0.1, 0.15) is 17.2 Å². The fourth-order valence-electron chi connectivity index (χ4n) is 2.90. The minimum atomic E-state index is -0.812. The second-order valence-corrected chi connectivity index (χ2v) is 5.47. The van der Waals surface area contributed by atoms with Crippen LogP contribution in [-0.4, -0.2) is 29.9 Å². The van der Waals surface area contributed by atoms with Gasteiger partial charge in [-0.05, 0) is 36.8 Å². The lowest BCUT2D eigenvalue weighted by atomic mass is 9.99. The molecule has 0 unspecified atom stereocenters. The zero-order valence-corrected chi connectivity index (χ0v) is 10.5. The van der Waals surface area contributed by atoms with E-state index in [-0.39, 0.29) is 12.0 Å². The first-order chi connectivity index (χ1) is 9.08. The molecule has 1 amide bonds. The third-order valence-corrected chi connectivity index (χ3v) is 4.10. The van der Waals surface area contributed by atoms with Gasteiger partial charge in [0.15, 0.2) is 0 Å². The molecule has 0 radical (unpaired) electrons. The molecule has 3 nitrogen and oxygen atoms in total. The Balaban J connectivity index is 1.81. The Bertz CT molecular complexity index is 496. The Hall–Kier alpha value is -1.49. The van der Waals surface area contributed by atoms with E-state index in [1.165, 1.54) is 11.0 Å². The first-order valence-corrected chi connectivity index (χ1v) is 6.57. The lowest BCUT2D eigenvalue weighted by molar-refractivity contribution is 0.0775. The maximum Gasteiger partial charge on any atom is 0.259 e. The Kier molecular flexibility index (Phi) is 3.01. The number of nitrogens with zero attached hydrogens (tertiary/aromatic N) is 1. The molecule has 2 atom stereocenters. The molecule has 1 aromatic carbocycles. The first-order valence-electron chi connectivity index (χ1n) is 6.57. The number of carbonyl (C=O) groups excluding carboxylic acids is 1. The van der Waals surface area contributed by atoms with Gasteiger partial charge in [0, 0.05) is 19.1 Å². The lowest BCUT2D eigenvalue weighted by Crippen LogP contribution is -2.33. The highest BCUT2D eigenvalue weighted by Gasteiger charge is 2.42. The molecule has 1 saturated carbocycles. The highest BCUT2D eigenvalue weighted by atomic mass is 19.1. The molecule has 1 aliphatic heterocycles. The van der Waals surface area contributed by atoms with Crippen molar-refractivity contribution < 1.29 is 13.6 Å². The second-order valence-electron chi connectivity index (χ2n) is 5.47. The SMILES string of the molecule is N[C@@H]1CN(C(=O)c2c(F)cccc2F)C[C@H]1C1CC1. The van der Waals surface area contributed by atoms with Crippen molar-refractivity contribution in [3.05, 3.63) is 35.4 Å². The maximum absolute atomic E-state index is 13.6. The fourth-order valence-corrected chi connectivity index (χ4v) is 2.90. The van der Waals surface area contributed by atoms with E-state index in [0.717, 1.165) is 25.0 Å². The van der Waals surface area contributed by atoms with E-state index in [0.29, 0.717) is 19.0 Å². The van der Waals surface area contributed by atoms with Crippen LogP contribution in [0.1, 0.15) is 23.2 Å². The van der Waals surface area contributed by atoms with Crippen molar-refractivity contribution in [2.24, 2.45) is 17.6 Å². The Morgan fingerprint density at radius 2 is 1.84 bits per heavy atom. The smallest absolute Gasteiger partial charge is 0.259 e. The fraction of sp³-hybridized carbons (Fsp3) is 0.500. The molecule has 1 aromatic rings. The van der Waals surface area contributed by atoms with Gasteiger partial charge >= 0.3 is 0 Å². The summed E-state index contributed by atoms with van der Waals surface area (Å²) in [4.78, 5) is 13.7. The second kappa shape index (κ2) is 4.56. The average molecular weight is 266 g/mol.